The first kappa shape index (κ1) is 16.3. The zero-order valence-corrected chi connectivity index (χ0v) is 14.5. The number of halogens is 1. The highest BCUT2D eigenvalue weighted by molar-refractivity contribution is 9.10. The van der Waals surface area contributed by atoms with Crippen molar-refractivity contribution >= 4 is 21.8 Å². The zero-order chi connectivity index (χ0) is 16.1. The number of amides is 1. The Morgan fingerprint density at radius 3 is 2.91 bits per heavy atom. The van der Waals surface area contributed by atoms with Crippen molar-refractivity contribution in [2.75, 3.05) is 13.2 Å². The third kappa shape index (κ3) is 4.45. The van der Waals surface area contributed by atoms with Crippen molar-refractivity contribution in [2.45, 2.75) is 31.8 Å². The normalized spacial score (nSPS) is 17.3. The molecule has 1 aromatic carbocycles. The fraction of sp³-hybridized carbons (Fsp3) is 0.389. The third-order valence-electron chi connectivity index (χ3n) is 3.95. The van der Waals surface area contributed by atoms with Crippen LogP contribution in [0.4, 0.5) is 0 Å². The molecule has 1 saturated heterocycles. The molecule has 2 aromatic rings. The quantitative estimate of drug-likeness (QED) is 0.829. The minimum Gasteiger partial charge on any atom is -0.461 e. The molecule has 1 atom stereocenters. The summed E-state index contributed by atoms with van der Waals surface area (Å²) in [6.07, 6.45) is 3.33. The van der Waals surface area contributed by atoms with Gasteiger partial charge in [0.2, 0.25) is 5.91 Å². The predicted molar refractivity (Wildman–Crippen MR) is 92.1 cm³/mol. The van der Waals surface area contributed by atoms with E-state index < -0.39 is 0 Å². The summed E-state index contributed by atoms with van der Waals surface area (Å²) in [5.41, 5.74) is 1.02. The van der Waals surface area contributed by atoms with Gasteiger partial charge in [0, 0.05) is 36.0 Å². The van der Waals surface area contributed by atoms with E-state index in [1.165, 1.54) is 0 Å². The largest absolute Gasteiger partial charge is 0.461 e. The number of hydrogen-bond acceptors (Lipinski definition) is 3. The molecule has 0 spiro atoms. The Balaban J connectivity index is 1.49. The number of carbonyl (C=O) groups is 1. The molecule has 1 aliphatic rings. The van der Waals surface area contributed by atoms with Gasteiger partial charge in [0.25, 0.3) is 0 Å². The highest BCUT2D eigenvalue weighted by Gasteiger charge is 2.16. The molecule has 1 amide bonds. The van der Waals surface area contributed by atoms with Gasteiger partial charge in [-0.25, -0.2) is 0 Å². The second-order valence-electron chi connectivity index (χ2n) is 5.68. The molecule has 0 aliphatic carbocycles. The Morgan fingerprint density at radius 1 is 1.26 bits per heavy atom. The van der Waals surface area contributed by atoms with E-state index in [0.29, 0.717) is 19.4 Å². The van der Waals surface area contributed by atoms with E-state index in [9.17, 15) is 4.79 Å². The summed E-state index contributed by atoms with van der Waals surface area (Å²) in [7, 11) is 0. The van der Waals surface area contributed by atoms with Crippen LogP contribution in [0.3, 0.4) is 0 Å². The molecule has 1 unspecified atom stereocenters. The minimum absolute atomic E-state index is 0.0411. The van der Waals surface area contributed by atoms with Gasteiger partial charge in [-0.15, -0.1) is 0 Å². The molecule has 0 radical (unpaired) electrons. The maximum atomic E-state index is 11.9. The lowest BCUT2D eigenvalue weighted by atomic mass is 10.2. The van der Waals surface area contributed by atoms with E-state index in [4.69, 9.17) is 9.15 Å². The fourth-order valence-electron chi connectivity index (χ4n) is 2.68. The van der Waals surface area contributed by atoms with E-state index >= 15 is 0 Å². The number of ether oxygens (including phenoxy) is 1. The molecule has 1 aliphatic heterocycles. The standard InChI is InChI=1S/C18H20BrNO3/c19-16-6-2-1-5-15(16)17-9-7-13(23-17)8-10-18(21)20-12-14-4-3-11-22-14/h1-2,5-7,9,14H,3-4,8,10-12H2,(H,20,21). The highest BCUT2D eigenvalue weighted by atomic mass is 79.9. The molecule has 5 heteroatoms. The maximum Gasteiger partial charge on any atom is 0.220 e. The third-order valence-corrected chi connectivity index (χ3v) is 4.64. The molecule has 2 heterocycles. The smallest absolute Gasteiger partial charge is 0.220 e. The van der Waals surface area contributed by atoms with Crippen LogP contribution in [-0.4, -0.2) is 25.2 Å². The molecule has 4 nitrogen and oxygen atoms in total. The van der Waals surface area contributed by atoms with E-state index in [2.05, 4.69) is 21.2 Å². The molecular formula is C18H20BrNO3. The first-order valence-electron chi connectivity index (χ1n) is 7.94. The fourth-order valence-corrected chi connectivity index (χ4v) is 3.16. The van der Waals surface area contributed by atoms with Crippen molar-refractivity contribution in [1.82, 2.24) is 5.32 Å². The average molecular weight is 378 g/mol. The second kappa shape index (κ2) is 7.79. The van der Waals surface area contributed by atoms with E-state index in [-0.39, 0.29) is 12.0 Å². The number of benzene rings is 1. The van der Waals surface area contributed by atoms with E-state index in [0.717, 1.165) is 41.0 Å². The monoisotopic (exact) mass is 377 g/mol. The van der Waals surface area contributed by atoms with Crippen LogP contribution in [0.1, 0.15) is 25.0 Å². The van der Waals surface area contributed by atoms with Crippen LogP contribution < -0.4 is 5.32 Å². The van der Waals surface area contributed by atoms with Crippen molar-refractivity contribution in [3.05, 3.63) is 46.6 Å². The second-order valence-corrected chi connectivity index (χ2v) is 6.54. The summed E-state index contributed by atoms with van der Waals surface area (Å²) in [6, 6.07) is 11.8. The van der Waals surface area contributed by atoms with Gasteiger partial charge >= 0.3 is 0 Å². The molecule has 3 rings (SSSR count). The molecular weight excluding hydrogens is 358 g/mol. The number of nitrogens with one attached hydrogen (secondary N) is 1. The van der Waals surface area contributed by atoms with Crippen LogP contribution in [0.15, 0.2) is 45.3 Å². The van der Waals surface area contributed by atoms with Gasteiger partial charge in [-0.2, -0.15) is 0 Å². The topological polar surface area (TPSA) is 51.5 Å². The summed E-state index contributed by atoms with van der Waals surface area (Å²) in [5.74, 6) is 1.68. The number of aryl methyl sites for hydroxylation is 1. The molecule has 0 bridgehead atoms. The lowest BCUT2D eigenvalue weighted by Gasteiger charge is -2.10. The van der Waals surface area contributed by atoms with Crippen molar-refractivity contribution in [3.63, 3.8) is 0 Å². The van der Waals surface area contributed by atoms with Crippen molar-refractivity contribution in [2.24, 2.45) is 0 Å². The Kier molecular flexibility index (Phi) is 5.51. The van der Waals surface area contributed by atoms with Crippen LogP contribution in [-0.2, 0) is 16.0 Å². The van der Waals surface area contributed by atoms with Crippen molar-refractivity contribution in [1.29, 1.82) is 0 Å². The van der Waals surface area contributed by atoms with Crippen LogP contribution in [0.5, 0.6) is 0 Å². The highest BCUT2D eigenvalue weighted by Crippen LogP contribution is 2.29. The Morgan fingerprint density at radius 2 is 2.13 bits per heavy atom. The number of carbonyl (C=O) groups excluding carboxylic acids is 1. The van der Waals surface area contributed by atoms with E-state index in [1.54, 1.807) is 0 Å². The van der Waals surface area contributed by atoms with Crippen LogP contribution in [0, 0.1) is 0 Å². The predicted octanol–water partition coefficient (Wildman–Crippen LogP) is 3.94. The lowest BCUT2D eigenvalue weighted by Crippen LogP contribution is -2.31. The Labute approximate surface area is 144 Å². The van der Waals surface area contributed by atoms with Crippen LogP contribution >= 0.6 is 15.9 Å². The zero-order valence-electron chi connectivity index (χ0n) is 12.9. The summed E-state index contributed by atoms with van der Waals surface area (Å²) < 4.78 is 12.3. The van der Waals surface area contributed by atoms with Crippen molar-refractivity contribution in [3.8, 4) is 11.3 Å². The number of furan rings is 1. The minimum atomic E-state index is 0.0411. The van der Waals surface area contributed by atoms with Crippen molar-refractivity contribution < 1.29 is 13.9 Å². The van der Waals surface area contributed by atoms with Gasteiger partial charge < -0.3 is 14.5 Å². The SMILES string of the molecule is O=C(CCc1ccc(-c2ccccc2Br)o1)NCC1CCCO1. The average Bonchev–Trinajstić information content (AvgIpc) is 3.23. The summed E-state index contributed by atoms with van der Waals surface area (Å²) >= 11 is 3.52. The molecule has 1 aromatic heterocycles. The number of hydrogen-bond donors (Lipinski definition) is 1. The first-order chi connectivity index (χ1) is 11.2. The lowest BCUT2D eigenvalue weighted by molar-refractivity contribution is -0.121. The summed E-state index contributed by atoms with van der Waals surface area (Å²) in [5, 5.41) is 2.93. The van der Waals surface area contributed by atoms with Gasteiger partial charge in [-0.1, -0.05) is 34.1 Å². The molecule has 0 saturated carbocycles. The Bertz CT molecular complexity index is 662. The maximum absolute atomic E-state index is 11.9. The molecule has 23 heavy (non-hydrogen) atoms. The molecule has 1 N–H and O–H groups in total. The van der Waals surface area contributed by atoms with E-state index in [1.807, 2.05) is 36.4 Å². The van der Waals surface area contributed by atoms with Gasteiger partial charge in [0.05, 0.1) is 6.10 Å². The Hall–Kier alpha value is -1.59. The number of rotatable bonds is 6. The van der Waals surface area contributed by atoms with Crippen LogP contribution in [0.25, 0.3) is 11.3 Å². The van der Waals surface area contributed by atoms with Gasteiger partial charge in [0.15, 0.2) is 0 Å². The first-order valence-corrected chi connectivity index (χ1v) is 8.73. The van der Waals surface area contributed by atoms with Gasteiger partial charge in [-0.3, -0.25) is 4.79 Å². The summed E-state index contributed by atoms with van der Waals surface area (Å²) in [6.45, 7) is 1.42. The van der Waals surface area contributed by atoms with Gasteiger partial charge in [-0.05, 0) is 31.0 Å². The van der Waals surface area contributed by atoms with Crippen LogP contribution in [0.2, 0.25) is 0 Å². The van der Waals surface area contributed by atoms with Gasteiger partial charge in [0.1, 0.15) is 11.5 Å². The molecule has 122 valence electrons. The summed E-state index contributed by atoms with van der Waals surface area (Å²) in [4.78, 5) is 11.9. The molecule has 1 fully saturated rings.